The van der Waals surface area contributed by atoms with E-state index in [9.17, 15) is 0 Å². The fourth-order valence-electron chi connectivity index (χ4n) is 2.15. The van der Waals surface area contributed by atoms with Crippen LogP contribution in [-0.4, -0.2) is 18.1 Å². The molecule has 0 radical (unpaired) electrons. The first kappa shape index (κ1) is 11.2. The molecule has 1 fully saturated rings. The first-order valence-corrected chi connectivity index (χ1v) is 6.90. The van der Waals surface area contributed by atoms with Crippen LogP contribution in [0.4, 0.5) is 5.13 Å². The Balaban J connectivity index is 2.02. The molecule has 0 N–H and O–H groups in total. The molecule has 0 aromatic carbocycles. The number of thiazole rings is 1. The monoisotopic (exact) mass is 244 g/mol. The highest BCUT2D eigenvalue weighted by atomic mass is 35.5. The van der Waals surface area contributed by atoms with E-state index >= 15 is 0 Å². The zero-order valence-electron chi connectivity index (χ0n) is 9.08. The number of hydrogen-bond donors (Lipinski definition) is 0. The molecule has 0 aliphatic heterocycles. The second kappa shape index (κ2) is 5.17. The third-order valence-electron chi connectivity index (χ3n) is 3.10. The van der Waals surface area contributed by atoms with Gasteiger partial charge in [-0.2, -0.15) is 0 Å². The summed E-state index contributed by atoms with van der Waals surface area (Å²) in [6.45, 7) is 0. The highest BCUT2D eigenvalue weighted by Crippen LogP contribution is 2.29. The molecule has 15 heavy (non-hydrogen) atoms. The van der Waals surface area contributed by atoms with E-state index in [4.69, 9.17) is 11.6 Å². The van der Waals surface area contributed by atoms with Crippen molar-refractivity contribution in [3.63, 3.8) is 0 Å². The maximum absolute atomic E-state index is 5.78. The minimum Gasteiger partial charge on any atom is -0.348 e. The van der Waals surface area contributed by atoms with Gasteiger partial charge >= 0.3 is 0 Å². The number of alkyl halides is 1. The Kier molecular flexibility index (Phi) is 3.87. The van der Waals surface area contributed by atoms with Crippen LogP contribution in [0.15, 0.2) is 6.20 Å². The van der Waals surface area contributed by atoms with Crippen LogP contribution >= 0.6 is 22.9 Å². The van der Waals surface area contributed by atoms with Gasteiger partial charge in [0.15, 0.2) is 5.13 Å². The van der Waals surface area contributed by atoms with Crippen LogP contribution in [0.25, 0.3) is 0 Å². The lowest BCUT2D eigenvalue weighted by molar-refractivity contribution is 0.427. The predicted octanol–water partition coefficient (Wildman–Crippen LogP) is 3.65. The predicted molar refractivity (Wildman–Crippen MR) is 66.9 cm³/mol. The van der Waals surface area contributed by atoms with E-state index < -0.39 is 0 Å². The first-order valence-electron chi connectivity index (χ1n) is 5.55. The van der Waals surface area contributed by atoms with E-state index in [1.165, 1.54) is 32.1 Å². The molecule has 1 aliphatic rings. The van der Waals surface area contributed by atoms with Gasteiger partial charge in [0.25, 0.3) is 0 Å². The van der Waals surface area contributed by atoms with Crippen molar-refractivity contribution in [2.45, 2.75) is 44.0 Å². The van der Waals surface area contributed by atoms with Crippen LogP contribution in [0.1, 0.15) is 37.0 Å². The lowest BCUT2D eigenvalue weighted by Gasteiger charge is -2.30. The zero-order chi connectivity index (χ0) is 10.7. The fraction of sp³-hybridized carbons (Fsp3) is 0.727. The topological polar surface area (TPSA) is 16.1 Å². The third-order valence-corrected chi connectivity index (χ3v) is 4.63. The van der Waals surface area contributed by atoms with E-state index in [0.29, 0.717) is 11.9 Å². The van der Waals surface area contributed by atoms with Crippen LogP contribution in [0.3, 0.4) is 0 Å². The molecule has 0 bridgehead atoms. The van der Waals surface area contributed by atoms with Gasteiger partial charge in [-0.05, 0) is 12.8 Å². The van der Waals surface area contributed by atoms with Gasteiger partial charge in [0, 0.05) is 24.2 Å². The van der Waals surface area contributed by atoms with Crippen LogP contribution in [0, 0.1) is 0 Å². The van der Waals surface area contributed by atoms with E-state index in [-0.39, 0.29) is 0 Å². The van der Waals surface area contributed by atoms with Crippen LogP contribution in [0.5, 0.6) is 0 Å². The van der Waals surface area contributed by atoms with Crippen molar-refractivity contribution in [2.24, 2.45) is 0 Å². The molecule has 1 saturated carbocycles. The Hall–Kier alpha value is -0.280. The second-order valence-corrected chi connectivity index (χ2v) is 5.51. The normalized spacial score (nSPS) is 18.0. The number of anilines is 1. The summed E-state index contributed by atoms with van der Waals surface area (Å²) in [6, 6.07) is 0.688. The summed E-state index contributed by atoms with van der Waals surface area (Å²) in [7, 11) is 2.16. The molecule has 2 rings (SSSR count). The minimum absolute atomic E-state index is 0.580. The van der Waals surface area contributed by atoms with Crippen LogP contribution in [-0.2, 0) is 5.88 Å². The average molecular weight is 245 g/mol. The van der Waals surface area contributed by atoms with Crippen LogP contribution in [0.2, 0.25) is 0 Å². The van der Waals surface area contributed by atoms with Crippen LogP contribution < -0.4 is 4.90 Å². The highest BCUT2D eigenvalue weighted by molar-refractivity contribution is 7.15. The van der Waals surface area contributed by atoms with Gasteiger partial charge in [0.2, 0.25) is 0 Å². The van der Waals surface area contributed by atoms with Gasteiger partial charge < -0.3 is 4.90 Å². The Labute approximate surface area is 100 Å². The number of nitrogens with zero attached hydrogens (tertiary/aromatic N) is 2. The van der Waals surface area contributed by atoms with E-state index in [1.54, 1.807) is 11.3 Å². The van der Waals surface area contributed by atoms with Crippen molar-refractivity contribution < 1.29 is 0 Å². The standard InChI is InChI=1S/C11H17ClN2S/c1-14(9-5-3-2-4-6-9)11-13-8-10(7-12)15-11/h8-9H,2-7H2,1H3. The maximum Gasteiger partial charge on any atom is 0.185 e. The fourth-order valence-corrected chi connectivity index (χ4v) is 3.17. The molecule has 0 unspecified atom stereocenters. The van der Waals surface area contributed by atoms with Gasteiger partial charge in [-0.3, -0.25) is 0 Å². The van der Waals surface area contributed by atoms with Gasteiger partial charge in [0.05, 0.1) is 5.88 Å². The highest BCUT2D eigenvalue weighted by Gasteiger charge is 2.20. The molecule has 0 spiro atoms. The number of halogens is 1. The summed E-state index contributed by atoms with van der Waals surface area (Å²) in [5, 5.41) is 1.12. The molecule has 1 aliphatic carbocycles. The van der Waals surface area contributed by atoms with Crippen molar-refractivity contribution in [1.82, 2.24) is 4.98 Å². The molecule has 4 heteroatoms. The van der Waals surface area contributed by atoms with E-state index in [2.05, 4.69) is 16.9 Å². The molecule has 1 aromatic heterocycles. The summed E-state index contributed by atoms with van der Waals surface area (Å²) < 4.78 is 0. The molecule has 2 nitrogen and oxygen atoms in total. The molecular weight excluding hydrogens is 228 g/mol. The Bertz CT molecular complexity index is 307. The molecule has 0 atom stereocenters. The molecule has 84 valence electrons. The maximum atomic E-state index is 5.78. The molecule has 0 amide bonds. The van der Waals surface area contributed by atoms with Crippen molar-refractivity contribution >= 4 is 28.1 Å². The van der Waals surface area contributed by atoms with Gasteiger partial charge in [0.1, 0.15) is 0 Å². The van der Waals surface area contributed by atoms with Gasteiger partial charge in [-0.1, -0.05) is 19.3 Å². The summed E-state index contributed by atoms with van der Waals surface area (Å²) in [5.74, 6) is 0.580. The zero-order valence-corrected chi connectivity index (χ0v) is 10.7. The SMILES string of the molecule is CN(c1ncc(CCl)s1)C1CCCCC1. The molecular formula is C11H17ClN2S. The first-order chi connectivity index (χ1) is 7.31. The molecule has 1 heterocycles. The lowest BCUT2D eigenvalue weighted by atomic mass is 9.95. The number of hydrogen-bond acceptors (Lipinski definition) is 3. The van der Waals surface area contributed by atoms with E-state index in [0.717, 1.165) is 10.0 Å². The summed E-state index contributed by atoms with van der Waals surface area (Å²) in [5.41, 5.74) is 0. The molecule has 1 aromatic rings. The summed E-state index contributed by atoms with van der Waals surface area (Å²) >= 11 is 7.50. The van der Waals surface area contributed by atoms with Crippen molar-refractivity contribution in [3.8, 4) is 0 Å². The minimum atomic E-state index is 0.580. The largest absolute Gasteiger partial charge is 0.348 e. The van der Waals surface area contributed by atoms with Crippen molar-refractivity contribution in [1.29, 1.82) is 0 Å². The average Bonchev–Trinajstić information content (AvgIpc) is 2.78. The Morgan fingerprint density at radius 3 is 2.80 bits per heavy atom. The number of aromatic nitrogens is 1. The Morgan fingerprint density at radius 1 is 1.47 bits per heavy atom. The third kappa shape index (κ3) is 2.64. The Morgan fingerprint density at radius 2 is 2.20 bits per heavy atom. The smallest absolute Gasteiger partial charge is 0.185 e. The van der Waals surface area contributed by atoms with Crippen molar-refractivity contribution in [2.75, 3.05) is 11.9 Å². The van der Waals surface area contributed by atoms with Crippen molar-refractivity contribution in [3.05, 3.63) is 11.1 Å². The quantitative estimate of drug-likeness (QED) is 0.755. The van der Waals surface area contributed by atoms with E-state index in [1.807, 2.05) is 6.20 Å². The number of rotatable bonds is 3. The lowest BCUT2D eigenvalue weighted by Crippen LogP contribution is -2.33. The summed E-state index contributed by atoms with van der Waals surface area (Å²) in [6.07, 6.45) is 8.64. The van der Waals surface area contributed by atoms with Gasteiger partial charge in [-0.15, -0.1) is 22.9 Å². The summed E-state index contributed by atoms with van der Waals surface area (Å²) in [4.78, 5) is 7.92. The van der Waals surface area contributed by atoms with Gasteiger partial charge in [-0.25, -0.2) is 4.98 Å². The second-order valence-electron chi connectivity index (χ2n) is 4.15. The molecule has 0 saturated heterocycles.